The lowest BCUT2D eigenvalue weighted by Crippen LogP contribution is -1.82. The predicted molar refractivity (Wildman–Crippen MR) is 73.3 cm³/mol. The Labute approximate surface area is 99.1 Å². The van der Waals surface area contributed by atoms with Crippen molar-refractivity contribution in [3.05, 3.63) is 71.9 Å². The molecule has 1 rings (SSSR count). The summed E-state index contributed by atoms with van der Waals surface area (Å²) in [6.07, 6.45) is 14.5. The van der Waals surface area contributed by atoms with Crippen molar-refractivity contribution in [1.82, 2.24) is 0 Å². The van der Waals surface area contributed by atoms with Crippen LogP contribution in [-0.4, -0.2) is 0 Å². The maximum absolute atomic E-state index is 3.89. The smallest absolute Gasteiger partial charge is 0.00139 e. The molecule has 0 aromatic carbocycles. The molecule has 0 fully saturated rings. The van der Waals surface area contributed by atoms with Gasteiger partial charge in [-0.25, -0.2) is 0 Å². The number of hydrogen-bond donors (Lipinski definition) is 0. The highest BCUT2D eigenvalue weighted by atomic mass is 14.2. The highest BCUT2D eigenvalue weighted by Crippen LogP contribution is 2.35. The van der Waals surface area contributed by atoms with E-state index < -0.39 is 0 Å². The Morgan fingerprint density at radius 2 is 1.62 bits per heavy atom. The molecule has 0 unspecified atom stereocenters. The molecule has 0 radical (unpaired) electrons. The molecule has 0 atom stereocenters. The second kappa shape index (κ2) is 6.12. The van der Waals surface area contributed by atoms with Gasteiger partial charge < -0.3 is 0 Å². The maximum atomic E-state index is 3.89. The normalized spacial score (nSPS) is 16.9. The highest BCUT2D eigenvalue weighted by Gasteiger charge is 2.16. The molecule has 0 N–H and O–H groups in total. The Morgan fingerprint density at radius 3 is 2.06 bits per heavy atom. The number of hydrogen-bond acceptors (Lipinski definition) is 0. The minimum atomic E-state index is 0.954. The highest BCUT2D eigenvalue weighted by molar-refractivity contribution is 5.62. The van der Waals surface area contributed by atoms with E-state index in [1.807, 2.05) is 19.1 Å². The van der Waals surface area contributed by atoms with E-state index in [4.69, 9.17) is 0 Å². The SMILES string of the molecule is C=CC1=C(/C=C\C)C(/C=C\CC)=C(C=C)C1. The molecule has 16 heavy (non-hydrogen) atoms. The fourth-order valence-corrected chi connectivity index (χ4v) is 1.90. The van der Waals surface area contributed by atoms with Gasteiger partial charge in [0.05, 0.1) is 0 Å². The number of allylic oxidation sites excluding steroid dienone is 10. The van der Waals surface area contributed by atoms with E-state index in [1.54, 1.807) is 0 Å². The first-order valence-electron chi connectivity index (χ1n) is 5.79. The zero-order valence-corrected chi connectivity index (χ0v) is 10.3. The third-order valence-electron chi connectivity index (χ3n) is 2.71. The topological polar surface area (TPSA) is 0 Å². The molecule has 84 valence electrons. The molecule has 0 bridgehead atoms. The Bertz CT molecular complexity index is 398. The third-order valence-corrected chi connectivity index (χ3v) is 2.71. The summed E-state index contributed by atoms with van der Waals surface area (Å²) in [5.41, 5.74) is 5.18. The molecule has 0 amide bonds. The van der Waals surface area contributed by atoms with Gasteiger partial charge in [-0.2, -0.15) is 0 Å². The second-order valence-electron chi connectivity index (χ2n) is 3.77. The van der Waals surface area contributed by atoms with Crippen LogP contribution in [0.15, 0.2) is 71.9 Å². The van der Waals surface area contributed by atoms with E-state index >= 15 is 0 Å². The molecule has 1 aliphatic carbocycles. The molecule has 0 saturated heterocycles. The van der Waals surface area contributed by atoms with Crippen LogP contribution < -0.4 is 0 Å². The standard InChI is InChI=1S/C16H20/c1-5-9-11-16-14(8-4)12-13(7-3)15(16)10-6-2/h6-11H,3-5,12H2,1-2H3/b10-6-,11-9-. The van der Waals surface area contributed by atoms with E-state index in [2.05, 4.69) is 44.4 Å². The minimum Gasteiger partial charge on any atom is -0.0988 e. The van der Waals surface area contributed by atoms with Crippen LogP contribution in [0.25, 0.3) is 0 Å². The summed E-state index contributed by atoms with van der Waals surface area (Å²) in [5, 5.41) is 0. The molecule has 0 aromatic heterocycles. The van der Waals surface area contributed by atoms with Gasteiger partial charge in [0, 0.05) is 0 Å². The van der Waals surface area contributed by atoms with Crippen LogP contribution in [0, 0.1) is 0 Å². The van der Waals surface area contributed by atoms with Gasteiger partial charge in [-0.15, -0.1) is 0 Å². The lowest BCUT2D eigenvalue weighted by atomic mass is 10.0. The molecular weight excluding hydrogens is 192 g/mol. The van der Waals surface area contributed by atoms with Gasteiger partial charge in [-0.05, 0) is 42.1 Å². The first-order valence-corrected chi connectivity index (χ1v) is 5.79. The summed E-state index contributed by atoms with van der Waals surface area (Å²) >= 11 is 0. The van der Waals surface area contributed by atoms with Crippen molar-refractivity contribution in [3.63, 3.8) is 0 Å². The molecule has 0 nitrogen and oxygen atoms in total. The van der Waals surface area contributed by atoms with Crippen LogP contribution in [0.1, 0.15) is 26.7 Å². The largest absolute Gasteiger partial charge is 0.0988 e. The molecule has 0 heteroatoms. The van der Waals surface area contributed by atoms with Crippen molar-refractivity contribution in [2.45, 2.75) is 26.7 Å². The van der Waals surface area contributed by atoms with Crippen molar-refractivity contribution >= 4 is 0 Å². The summed E-state index contributed by atoms with van der Waals surface area (Å²) in [4.78, 5) is 0. The summed E-state index contributed by atoms with van der Waals surface area (Å²) in [6.45, 7) is 12.0. The van der Waals surface area contributed by atoms with Crippen LogP contribution in [0.3, 0.4) is 0 Å². The second-order valence-corrected chi connectivity index (χ2v) is 3.77. The first kappa shape index (κ1) is 12.5. The van der Waals surface area contributed by atoms with Crippen molar-refractivity contribution in [2.24, 2.45) is 0 Å². The molecular formula is C16H20. The third kappa shape index (κ3) is 2.52. The van der Waals surface area contributed by atoms with E-state index in [-0.39, 0.29) is 0 Å². The van der Waals surface area contributed by atoms with Gasteiger partial charge in [0.1, 0.15) is 0 Å². The lowest BCUT2D eigenvalue weighted by molar-refractivity contribution is 1.22. The van der Waals surface area contributed by atoms with Crippen LogP contribution in [0.5, 0.6) is 0 Å². The van der Waals surface area contributed by atoms with Gasteiger partial charge >= 0.3 is 0 Å². The van der Waals surface area contributed by atoms with Gasteiger partial charge in [0.15, 0.2) is 0 Å². The van der Waals surface area contributed by atoms with Crippen LogP contribution in [0.4, 0.5) is 0 Å². The van der Waals surface area contributed by atoms with Crippen molar-refractivity contribution in [3.8, 4) is 0 Å². The monoisotopic (exact) mass is 212 g/mol. The van der Waals surface area contributed by atoms with Crippen LogP contribution >= 0.6 is 0 Å². The van der Waals surface area contributed by atoms with Crippen molar-refractivity contribution in [1.29, 1.82) is 0 Å². The molecule has 0 heterocycles. The molecule has 0 aromatic rings. The Kier molecular flexibility index (Phi) is 4.78. The van der Waals surface area contributed by atoms with Gasteiger partial charge in [-0.3, -0.25) is 0 Å². The Balaban J connectivity index is 3.20. The van der Waals surface area contributed by atoms with Crippen molar-refractivity contribution in [2.75, 3.05) is 0 Å². The quantitative estimate of drug-likeness (QED) is 0.608. The summed E-state index contributed by atoms with van der Waals surface area (Å²) in [6, 6.07) is 0. The first-order chi connectivity index (χ1) is 7.78. The van der Waals surface area contributed by atoms with Gasteiger partial charge in [-0.1, -0.05) is 56.5 Å². The zero-order valence-electron chi connectivity index (χ0n) is 10.3. The van der Waals surface area contributed by atoms with Gasteiger partial charge in [0.25, 0.3) is 0 Å². The lowest BCUT2D eigenvalue weighted by Gasteiger charge is -2.01. The van der Waals surface area contributed by atoms with E-state index in [0.717, 1.165) is 12.8 Å². The summed E-state index contributed by atoms with van der Waals surface area (Å²) in [7, 11) is 0. The van der Waals surface area contributed by atoms with Crippen LogP contribution in [0.2, 0.25) is 0 Å². The van der Waals surface area contributed by atoms with E-state index in [1.165, 1.54) is 22.3 Å². The fourth-order valence-electron chi connectivity index (χ4n) is 1.90. The van der Waals surface area contributed by atoms with Crippen molar-refractivity contribution < 1.29 is 0 Å². The zero-order chi connectivity index (χ0) is 12.0. The van der Waals surface area contributed by atoms with E-state index in [0.29, 0.717) is 0 Å². The Morgan fingerprint density at radius 1 is 1.06 bits per heavy atom. The summed E-state index contributed by atoms with van der Waals surface area (Å²) in [5.74, 6) is 0. The van der Waals surface area contributed by atoms with Crippen LogP contribution in [-0.2, 0) is 0 Å². The van der Waals surface area contributed by atoms with E-state index in [9.17, 15) is 0 Å². The molecule has 0 aliphatic heterocycles. The minimum absolute atomic E-state index is 0.954. The fraction of sp³-hybridized carbons (Fsp3) is 0.250. The Hall–Kier alpha value is -1.56. The molecule has 0 saturated carbocycles. The maximum Gasteiger partial charge on any atom is -0.00139 e. The predicted octanol–water partition coefficient (Wildman–Crippen LogP) is 4.90. The molecule has 0 spiro atoms. The summed E-state index contributed by atoms with van der Waals surface area (Å²) < 4.78 is 0. The average molecular weight is 212 g/mol. The number of rotatable bonds is 5. The van der Waals surface area contributed by atoms with Gasteiger partial charge in [0.2, 0.25) is 0 Å². The average Bonchev–Trinajstić information content (AvgIpc) is 2.64. The molecule has 1 aliphatic rings.